The molecule has 3 N–H and O–H groups in total. The molecule has 0 bridgehead atoms. The summed E-state index contributed by atoms with van der Waals surface area (Å²) in [5.74, 6) is -1.33. The molecule has 1 aromatic heterocycles. The Morgan fingerprint density at radius 2 is 2.05 bits per heavy atom. The first-order valence-electron chi connectivity index (χ1n) is 6.11. The van der Waals surface area contributed by atoms with Gasteiger partial charge in [0.2, 0.25) is 0 Å². The molecule has 1 aromatic rings. The van der Waals surface area contributed by atoms with E-state index in [0.29, 0.717) is 6.42 Å². The first kappa shape index (κ1) is 15.7. The van der Waals surface area contributed by atoms with Gasteiger partial charge in [0, 0.05) is 17.0 Å². The molecular weight excluding hydrogens is 264 g/mol. The van der Waals surface area contributed by atoms with Crippen molar-refractivity contribution in [3.8, 4) is 0 Å². The van der Waals surface area contributed by atoms with E-state index < -0.39 is 23.5 Å². The fourth-order valence-electron chi connectivity index (χ4n) is 1.42. The van der Waals surface area contributed by atoms with Crippen LogP contribution < -0.4 is 10.6 Å². The summed E-state index contributed by atoms with van der Waals surface area (Å²) in [5.41, 5.74) is -0.440. The van der Waals surface area contributed by atoms with Gasteiger partial charge in [-0.25, -0.2) is 0 Å². The highest BCUT2D eigenvalue weighted by atomic mass is 32.1. The zero-order chi connectivity index (χ0) is 14.5. The number of aliphatic hydroxyl groups is 1. The number of nitrogens with one attached hydrogen (secondary N) is 2. The molecule has 0 fully saturated rings. The van der Waals surface area contributed by atoms with Crippen molar-refractivity contribution < 1.29 is 14.7 Å². The molecule has 0 aliphatic heterocycles. The molecule has 1 unspecified atom stereocenters. The van der Waals surface area contributed by atoms with E-state index in [4.69, 9.17) is 0 Å². The number of carbonyl (C=O) groups is 2. The van der Waals surface area contributed by atoms with E-state index in [0.717, 1.165) is 4.88 Å². The average Bonchev–Trinajstić information content (AvgIpc) is 2.79. The number of thiophene rings is 1. The van der Waals surface area contributed by atoms with Gasteiger partial charge in [0.15, 0.2) is 0 Å². The number of rotatable bonds is 4. The Morgan fingerprint density at radius 3 is 2.58 bits per heavy atom. The van der Waals surface area contributed by atoms with Crippen LogP contribution in [-0.4, -0.2) is 29.0 Å². The third-order valence-corrected chi connectivity index (χ3v) is 3.24. The van der Waals surface area contributed by atoms with E-state index in [1.165, 1.54) is 11.3 Å². The highest BCUT2D eigenvalue weighted by Crippen LogP contribution is 2.20. The van der Waals surface area contributed by atoms with Crippen molar-refractivity contribution in [2.75, 3.05) is 6.54 Å². The summed E-state index contributed by atoms with van der Waals surface area (Å²) < 4.78 is 0. The number of carbonyl (C=O) groups excluding carboxylic acids is 2. The van der Waals surface area contributed by atoms with E-state index in [9.17, 15) is 14.7 Å². The van der Waals surface area contributed by atoms with Gasteiger partial charge in [0.05, 0.1) is 6.10 Å². The Labute approximate surface area is 117 Å². The van der Waals surface area contributed by atoms with Crippen molar-refractivity contribution in [1.29, 1.82) is 0 Å². The van der Waals surface area contributed by atoms with Gasteiger partial charge in [-0.2, -0.15) is 0 Å². The number of hydrogen-bond donors (Lipinski definition) is 3. The van der Waals surface area contributed by atoms with E-state index in [-0.39, 0.29) is 6.54 Å². The van der Waals surface area contributed by atoms with Gasteiger partial charge in [0.25, 0.3) is 0 Å². The first-order chi connectivity index (χ1) is 8.79. The molecule has 5 nitrogen and oxygen atoms in total. The smallest absolute Gasteiger partial charge is 0.309 e. The summed E-state index contributed by atoms with van der Waals surface area (Å²) in [6, 6.07) is 3.70. The second kappa shape index (κ2) is 6.68. The van der Waals surface area contributed by atoms with E-state index in [2.05, 4.69) is 10.6 Å². The lowest BCUT2D eigenvalue weighted by atomic mass is 10.1. The Hall–Kier alpha value is -1.40. The van der Waals surface area contributed by atoms with Crippen LogP contribution in [0.5, 0.6) is 0 Å². The minimum atomic E-state index is -0.673. The topological polar surface area (TPSA) is 78.4 Å². The van der Waals surface area contributed by atoms with Crippen LogP contribution in [0.1, 0.15) is 38.2 Å². The quantitative estimate of drug-likeness (QED) is 0.727. The van der Waals surface area contributed by atoms with Gasteiger partial charge in [0.1, 0.15) is 0 Å². The van der Waals surface area contributed by atoms with Crippen LogP contribution >= 0.6 is 11.3 Å². The predicted octanol–water partition coefficient (Wildman–Crippen LogP) is 1.20. The Bertz CT molecular complexity index is 424. The zero-order valence-corrected chi connectivity index (χ0v) is 12.2. The summed E-state index contributed by atoms with van der Waals surface area (Å²) in [4.78, 5) is 23.8. The predicted molar refractivity (Wildman–Crippen MR) is 74.8 cm³/mol. The maximum atomic E-state index is 11.5. The lowest BCUT2D eigenvalue weighted by Gasteiger charge is -2.20. The number of aliphatic hydroxyl groups excluding tert-OH is 1. The standard InChI is InChI=1S/C13H20N2O3S/c1-13(2,3)15-12(18)11(17)14-7-6-9(16)10-5-4-8-19-10/h4-5,8-9,16H,6-7H2,1-3H3,(H,14,17)(H,15,18). The van der Waals surface area contributed by atoms with Crippen molar-refractivity contribution in [2.24, 2.45) is 0 Å². The number of amides is 2. The minimum absolute atomic E-state index is 0.259. The molecular formula is C13H20N2O3S. The molecule has 0 saturated carbocycles. The minimum Gasteiger partial charge on any atom is -0.388 e. The van der Waals surface area contributed by atoms with Gasteiger partial charge in [-0.1, -0.05) is 6.07 Å². The average molecular weight is 284 g/mol. The molecule has 0 aliphatic rings. The van der Waals surface area contributed by atoms with Crippen LogP contribution in [0, 0.1) is 0 Å². The van der Waals surface area contributed by atoms with Crippen LogP contribution in [0.15, 0.2) is 17.5 Å². The molecule has 6 heteroatoms. The molecule has 0 aliphatic carbocycles. The maximum Gasteiger partial charge on any atom is 0.309 e. The van der Waals surface area contributed by atoms with Crippen LogP contribution in [0.4, 0.5) is 0 Å². The number of hydrogen-bond acceptors (Lipinski definition) is 4. The lowest BCUT2D eigenvalue weighted by molar-refractivity contribution is -0.140. The molecule has 1 rings (SSSR count). The van der Waals surface area contributed by atoms with E-state index in [1.807, 2.05) is 17.5 Å². The molecule has 1 atom stereocenters. The lowest BCUT2D eigenvalue weighted by Crippen LogP contribution is -2.48. The largest absolute Gasteiger partial charge is 0.388 e. The molecule has 1 heterocycles. The van der Waals surface area contributed by atoms with Crippen molar-refractivity contribution in [3.63, 3.8) is 0 Å². The summed E-state index contributed by atoms with van der Waals surface area (Å²) in [6.45, 7) is 5.67. The highest BCUT2D eigenvalue weighted by molar-refractivity contribution is 7.10. The SMILES string of the molecule is CC(C)(C)NC(=O)C(=O)NCCC(O)c1cccs1. The second-order valence-electron chi connectivity index (χ2n) is 5.28. The molecule has 106 valence electrons. The zero-order valence-electron chi connectivity index (χ0n) is 11.4. The van der Waals surface area contributed by atoms with Crippen molar-refractivity contribution in [3.05, 3.63) is 22.4 Å². The maximum absolute atomic E-state index is 11.5. The van der Waals surface area contributed by atoms with Crippen LogP contribution in [0.3, 0.4) is 0 Å². The van der Waals surface area contributed by atoms with Gasteiger partial charge in [-0.15, -0.1) is 11.3 Å². The van der Waals surface area contributed by atoms with Crippen molar-refractivity contribution in [1.82, 2.24) is 10.6 Å². The molecule has 2 amide bonds. The van der Waals surface area contributed by atoms with Gasteiger partial charge in [-0.3, -0.25) is 9.59 Å². The van der Waals surface area contributed by atoms with Crippen LogP contribution in [0.2, 0.25) is 0 Å². The van der Waals surface area contributed by atoms with Crippen molar-refractivity contribution >= 4 is 23.2 Å². The van der Waals surface area contributed by atoms with Crippen LogP contribution in [0.25, 0.3) is 0 Å². The fraction of sp³-hybridized carbons (Fsp3) is 0.538. The van der Waals surface area contributed by atoms with E-state index in [1.54, 1.807) is 20.8 Å². The van der Waals surface area contributed by atoms with Crippen molar-refractivity contribution in [2.45, 2.75) is 38.8 Å². The normalized spacial score (nSPS) is 12.8. The summed E-state index contributed by atoms with van der Waals surface area (Å²) in [5, 5.41) is 16.8. The van der Waals surface area contributed by atoms with Gasteiger partial charge in [-0.05, 0) is 38.6 Å². The van der Waals surface area contributed by atoms with Crippen LogP contribution in [-0.2, 0) is 9.59 Å². The summed E-state index contributed by atoms with van der Waals surface area (Å²) >= 11 is 1.46. The summed E-state index contributed by atoms with van der Waals surface area (Å²) in [6.07, 6.45) is -0.222. The fourth-order valence-corrected chi connectivity index (χ4v) is 2.17. The molecule has 0 spiro atoms. The second-order valence-corrected chi connectivity index (χ2v) is 6.26. The molecule has 0 aromatic carbocycles. The summed E-state index contributed by atoms with van der Waals surface area (Å²) in [7, 11) is 0. The Balaban J connectivity index is 2.29. The third-order valence-electron chi connectivity index (χ3n) is 2.27. The molecule has 0 saturated heterocycles. The monoisotopic (exact) mass is 284 g/mol. The third kappa shape index (κ3) is 5.85. The molecule has 19 heavy (non-hydrogen) atoms. The Kier molecular flexibility index (Phi) is 5.50. The Morgan fingerprint density at radius 1 is 1.37 bits per heavy atom. The van der Waals surface area contributed by atoms with Gasteiger partial charge >= 0.3 is 11.8 Å². The first-order valence-corrected chi connectivity index (χ1v) is 6.99. The molecule has 0 radical (unpaired) electrons. The highest BCUT2D eigenvalue weighted by Gasteiger charge is 2.20. The van der Waals surface area contributed by atoms with E-state index >= 15 is 0 Å². The van der Waals surface area contributed by atoms with Gasteiger partial charge < -0.3 is 15.7 Å².